The second-order valence-electron chi connectivity index (χ2n) is 6.60. The summed E-state index contributed by atoms with van der Waals surface area (Å²) in [7, 11) is -3.56. The number of quaternary nitrogens is 1. The van der Waals surface area contributed by atoms with Crippen LogP contribution in [0.4, 0.5) is 0 Å². The molecular formula is C19H23N2O5S+. The van der Waals surface area contributed by atoms with Crippen molar-refractivity contribution in [3.63, 3.8) is 0 Å². The van der Waals surface area contributed by atoms with Crippen LogP contribution in [-0.4, -0.2) is 48.1 Å². The quantitative estimate of drug-likeness (QED) is 0.743. The van der Waals surface area contributed by atoms with E-state index < -0.39 is 10.0 Å². The number of rotatable bonds is 6. The summed E-state index contributed by atoms with van der Waals surface area (Å²) in [6, 6.07) is 14.2. The van der Waals surface area contributed by atoms with Gasteiger partial charge in [0.2, 0.25) is 16.8 Å². The molecule has 1 atom stereocenters. The van der Waals surface area contributed by atoms with Crippen molar-refractivity contribution in [2.45, 2.75) is 10.9 Å². The Bertz CT molecular complexity index is 882. The maximum Gasteiger partial charge on any atom is 0.240 e. The Balaban J connectivity index is 1.57. The highest BCUT2D eigenvalue weighted by atomic mass is 32.2. The van der Waals surface area contributed by atoms with E-state index in [1.165, 1.54) is 4.90 Å². The van der Waals surface area contributed by atoms with Crippen molar-refractivity contribution in [1.29, 1.82) is 0 Å². The number of fused-ring (bicyclic) bond motifs is 1. The lowest BCUT2D eigenvalue weighted by atomic mass is 10.0. The highest BCUT2D eigenvalue weighted by molar-refractivity contribution is 7.89. The Hall–Kier alpha value is -2.13. The fourth-order valence-corrected chi connectivity index (χ4v) is 4.55. The smallest absolute Gasteiger partial charge is 0.240 e. The van der Waals surface area contributed by atoms with E-state index >= 15 is 0 Å². The van der Waals surface area contributed by atoms with Gasteiger partial charge in [-0.1, -0.05) is 18.2 Å². The summed E-state index contributed by atoms with van der Waals surface area (Å²) in [6.45, 7) is 3.50. The van der Waals surface area contributed by atoms with Crippen molar-refractivity contribution in [2.24, 2.45) is 0 Å². The number of morpholine rings is 1. The summed E-state index contributed by atoms with van der Waals surface area (Å²) in [5.74, 6) is 1.43. The maximum absolute atomic E-state index is 12.6. The fraction of sp³-hybridized carbons (Fsp3) is 0.368. The molecule has 0 unspecified atom stereocenters. The predicted octanol–water partition coefficient (Wildman–Crippen LogP) is 0.350. The van der Waals surface area contributed by atoms with Crippen LogP contribution >= 0.6 is 0 Å². The average Bonchev–Trinajstić information content (AvgIpc) is 3.17. The van der Waals surface area contributed by atoms with E-state index in [2.05, 4.69) is 4.72 Å². The molecule has 2 heterocycles. The molecule has 0 saturated carbocycles. The van der Waals surface area contributed by atoms with Crippen molar-refractivity contribution in [1.82, 2.24) is 4.72 Å². The minimum atomic E-state index is -3.56. The number of ether oxygens (including phenoxy) is 3. The van der Waals surface area contributed by atoms with Gasteiger partial charge in [0.1, 0.15) is 19.1 Å². The molecule has 1 saturated heterocycles. The summed E-state index contributed by atoms with van der Waals surface area (Å²) in [6.07, 6.45) is 0. The Morgan fingerprint density at radius 1 is 1.00 bits per heavy atom. The number of nitrogens with one attached hydrogen (secondary N) is 2. The van der Waals surface area contributed by atoms with Gasteiger partial charge in [-0.2, -0.15) is 0 Å². The zero-order valence-corrected chi connectivity index (χ0v) is 15.7. The SMILES string of the molecule is O=S(=O)(NC[C@H](c1ccc2c(c1)OCO2)[NH+]1CCOCC1)c1ccccc1. The van der Waals surface area contributed by atoms with Gasteiger partial charge >= 0.3 is 0 Å². The highest BCUT2D eigenvalue weighted by Crippen LogP contribution is 2.33. The highest BCUT2D eigenvalue weighted by Gasteiger charge is 2.29. The summed E-state index contributed by atoms with van der Waals surface area (Å²) in [5.41, 5.74) is 1.02. The first-order valence-corrected chi connectivity index (χ1v) is 10.5. The number of hydrogen-bond donors (Lipinski definition) is 2. The van der Waals surface area contributed by atoms with Crippen molar-refractivity contribution in [3.8, 4) is 11.5 Å². The lowest BCUT2D eigenvalue weighted by Crippen LogP contribution is -3.15. The Morgan fingerprint density at radius 3 is 2.52 bits per heavy atom. The van der Waals surface area contributed by atoms with Crippen LogP contribution in [0.5, 0.6) is 11.5 Å². The molecule has 4 rings (SSSR count). The average molecular weight is 391 g/mol. The molecular weight excluding hydrogens is 368 g/mol. The molecule has 0 aliphatic carbocycles. The van der Waals surface area contributed by atoms with E-state index in [0.717, 1.165) is 24.4 Å². The van der Waals surface area contributed by atoms with Crippen molar-refractivity contribution >= 4 is 10.0 Å². The monoisotopic (exact) mass is 391 g/mol. The molecule has 0 bridgehead atoms. The maximum atomic E-state index is 12.6. The van der Waals surface area contributed by atoms with Crippen LogP contribution in [0.15, 0.2) is 53.4 Å². The molecule has 2 N–H and O–H groups in total. The molecule has 144 valence electrons. The van der Waals surface area contributed by atoms with Gasteiger partial charge in [-0.25, -0.2) is 13.1 Å². The second-order valence-corrected chi connectivity index (χ2v) is 8.37. The molecule has 0 amide bonds. The van der Waals surface area contributed by atoms with E-state index in [1.54, 1.807) is 30.3 Å². The van der Waals surface area contributed by atoms with E-state index in [1.807, 2.05) is 18.2 Å². The van der Waals surface area contributed by atoms with Crippen LogP contribution in [0, 0.1) is 0 Å². The molecule has 7 nitrogen and oxygen atoms in total. The minimum absolute atomic E-state index is 0.0399. The summed E-state index contributed by atoms with van der Waals surface area (Å²) in [5, 5.41) is 0. The molecule has 8 heteroatoms. The third-order valence-electron chi connectivity index (χ3n) is 4.96. The third kappa shape index (κ3) is 4.08. The summed E-state index contributed by atoms with van der Waals surface area (Å²) < 4.78 is 44.4. The Labute approximate surface area is 158 Å². The Kier molecular flexibility index (Phi) is 5.31. The molecule has 1 fully saturated rings. The zero-order chi connectivity index (χ0) is 18.7. The summed E-state index contributed by atoms with van der Waals surface area (Å²) >= 11 is 0. The van der Waals surface area contributed by atoms with Crippen LogP contribution < -0.4 is 19.1 Å². The van der Waals surface area contributed by atoms with Crippen molar-refractivity contribution < 1.29 is 27.5 Å². The van der Waals surface area contributed by atoms with Crippen molar-refractivity contribution in [2.75, 3.05) is 39.6 Å². The fourth-order valence-electron chi connectivity index (χ4n) is 3.49. The lowest BCUT2D eigenvalue weighted by molar-refractivity contribution is -0.937. The van der Waals surface area contributed by atoms with Gasteiger partial charge in [0.15, 0.2) is 11.5 Å². The Morgan fingerprint density at radius 2 is 1.74 bits per heavy atom. The second kappa shape index (κ2) is 7.85. The van der Waals surface area contributed by atoms with Gasteiger partial charge in [0.25, 0.3) is 0 Å². The number of hydrogen-bond acceptors (Lipinski definition) is 5. The molecule has 0 radical (unpaired) electrons. The first-order valence-electron chi connectivity index (χ1n) is 9.00. The molecule has 27 heavy (non-hydrogen) atoms. The van der Waals surface area contributed by atoms with Gasteiger partial charge in [-0.05, 0) is 30.3 Å². The van der Waals surface area contributed by atoms with Crippen LogP contribution in [-0.2, 0) is 14.8 Å². The van der Waals surface area contributed by atoms with Crippen LogP contribution in [0.1, 0.15) is 11.6 Å². The van der Waals surface area contributed by atoms with Gasteiger partial charge in [0.05, 0.1) is 24.7 Å². The molecule has 2 aliphatic rings. The lowest BCUT2D eigenvalue weighted by Gasteiger charge is -2.32. The van der Waals surface area contributed by atoms with E-state index in [4.69, 9.17) is 14.2 Å². The molecule has 0 spiro atoms. The zero-order valence-electron chi connectivity index (χ0n) is 14.9. The van der Waals surface area contributed by atoms with Crippen molar-refractivity contribution in [3.05, 3.63) is 54.1 Å². The summed E-state index contributed by atoms with van der Waals surface area (Å²) in [4.78, 5) is 1.56. The first kappa shape index (κ1) is 18.2. The third-order valence-corrected chi connectivity index (χ3v) is 6.40. The predicted molar refractivity (Wildman–Crippen MR) is 98.5 cm³/mol. The topological polar surface area (TPSA) is 78.3 Å². The van der Waals surface area contributed by atoms with Gasteiger partial charge < -0.3 is 19.1 Å². The van der Waals surface area contributed by atoms with Crippen LogP contribution in [0.3, 0.4) is 0 Å². The standard InChI is InChI=1S/C19H22N2O5S/c22-27(23,16-4-2-1-3-5-16)20-13-17(21-8-10-24-11-9-21)15-6-7-18-19(12-15)26-14-25-18/h1-7,12,17,20H,8-11,13-14H2/p+1/t17-/m1/s1. The van der Waals surface area contributed by atoms with Gasteiger partial charge in [0, 0.05) is 5.56 Å². The van der Waals surface area contributed by atoms with E-state index in [9.17, 15) is 8.42 Å². The van der Waals surface area contributed by atoms with Gasteiger partial charge in [-0.15, -0.1) is 0 Å². The molecule has 2 aliphatic heterocycles. The minimum Gasteiger partial charge on any atom is -0.454 e. The largest absolute Gasteiger partial charge is 0.454 e. The molecule has 0 aromatic heterocycles. The first-order chi connectivity index (χ1) is 13.1. The molecule has 2 aromatic carbocycles. The van der Waals surface area contributed by atoms with E-state index in [-0.39, 0.29) is 17.7 Å². The van der Waals surface area contributed by atoms with Crippen LogP contribution in [0.25, 0.3) is 0 Å². The number of benzene rings is 2. The number of sulfonamides is 1. The van der Waals surface area contributed by atoms with Crippen LogP contribution in [0.2, 0.25) is 0 Å². The molecule has 2 aromatic rings. The van der Waals surface area contributed by atoms with Gasteiger partial charge in [-0.3, -0.25) is 0 Å². The normalized spacial score (nSPS) is 18.4. The van der Waals surface area contributed by atoms with E-state index in [0.29, 0.717) is 25.5 Å².